The van der Waals surface area contributed by atoms with Gasteiger partial charge in [0.15, 0.2) is 0 Å². The molecule has 4 heteroatoms. The van der Waals surface area contributed by atoms with Gasteiger partial charge >= 0.3 is 0 Å². The Hall–Kier alpha value is -0.610. The maximum Gasteiger partial charge on any atom is 0.236 e. The number of carbonyl (C=O) groups excluding carboxylic acids is 1. The number of rotatable bonds is 6. The third kappa shape index (κ3) is 3.32. The predicted octanol–water partition coefficient (Wildman–Crippen LogP) is -0.421. The molecule has 0 aromatic carbocycles. The minimum Gasteiger partial charge on any atom is -0.395 e. The molecule has 0 aliphatic heterocycles. The Morgan fingerprint density at radius 3 is 2.77 bits per heavy atom. The zero-order valence-electron chi connectivity index (χ0n) is 8.12. The first-order chi connectivity index (χ1) is 6.29. The van der Waals surface area contributed by atoms with Crippen molar-refractivity contribution >= 4 is 5.91 Å². The number of aliphatic hydroxyl groups is 1. The van der Waals surface area contributed by atoms with Crippen molar-refractivity contribution in [3.8, 4) is 0 Å². The summed E-state index contributed by atoms with van der Waals surface area (Å²) < 4.78 is 0. The lowest BCUT2D eigenvalue weighted by atomic mass is 10.4. The molecule has 0 radical (unpaired) electrons. The van der Waals surface area contributed by atoms with E-state index >= 15 is 0 Å². The second-order valence-electron chi connectivity index (χ2n) is 3.32. The highest BCUT2D eigenvalue weighted by molar-refractivity contribution is 5.78. The van der Waals surface area contributed by atoms with Crippen LogP contribution < -0.4 is 5.32 Å². The summed E-state index contributed by atoms with van der Waals surface area (Å²) in [4.78, 5) is 13.3. The number of nitrogens with one attached hydrogen (secondary N) is 1. The van der Waals surface area contributed by atoms with Gasteiger partial charge in [-0.15, -0.1) is 0 Å². The molecule has 0 spiro atoms. The lowest BCUT2D eigenvalue weighted by Crippen LogP contribution is -2.41. The third-order valence-electron chi connectivity index (χ3n) is 2.18. The van der Waals surface area contributed by atoms with Crippen LogP contribution in [0.1, 0.15) is 19.8 Å². The molecule has 76 valence electrons. The van der Waals surface area contributed by atoms with Crippen LogP contribution >= 0.6 is 0 Å². The Kier molecular flexibility index (Phi) is 4.18. The molecule has 1 rings (SSSR count). The van der Waals surface area contributed by atoms with Crippen molar-refractivity contribution in [2.24, 2.45) is 0 Å². The van der Waals surface area contributed by atoms with E-state index in [2.05, 4.69) is 5.32 Å². The highest BCUT2D eigenvalue weighted by Gasteiger charge is 2.31. The van der Waals surface area contributed by atoms with Crippen LogP contribution in [-0.4, -0.2) is 48.2 Å². The Morgan fingerprint density at radius 2 is 2.31 bits per heavy atom. The minimum absolute atomic E-state index is 0.0639. The topological polar surface area (TPSA) is 52.6 Å². The standard InChI is InChI=1S/C9H18N2O2/c1-2-10-7-9(13)11(5-6-12)8-3-4-8/h8,10,12H,2-7H2,1H3. The zero-order chi connectivity index (χ0) is 9.68. The van der Waals surface area contributed by atoms with E-state index < -0.39 is 0 Å². The molecule has 1 amide bonds. The number of carbonyl (C=O) groups is 1. The van der Waals surface area contributed by atoms with Crippen molar-refractivity contribution in [2.75, 3.05) is 26.2 Å². The van der Waals surface area contributed by atoms with Gasteiger partial charge in [0.05, 0.1) is 13.2 Å². The van der Waals surface area contributed by atoms with Gasteiger partial charge in [0.1, 0.15) is 0 Å². The lowest BCUT2D eigenvalue weighted by Gasteiger charge is -2.21. The zero-order valence-corrected chi connectivity index (χ0v) is 8.12. The Balaban J connectivity index is 2.29. The first-order valence-corrected chi connectivity index (χ1v) is 4.90. The van der Waals surface area contributed by atoms with Gasteiger partial charge in [-0.1, -0.05) is 6.92 Å². The summed E-state index contributed by atoms with van der Waals surface area (Å²) in [7, 11) is 0. The summed E-state index contributed by atoms with van der Waals surface area (Å²) >= 11 is 0. The van der Waals surface area contributed by atoms with Gasteiger partial charge in [0.2, 0.25) is 5.91 Å². The summed E-state index contributed by atoms with van der Waals surface area (Å²) in [6, 6.07) is 0.401. The van der Waals surface area contributed by atoms with E-state index in [-0.39, 0.29) is 12.5 Å². The second-order valence-corrected chi connectivity index (χ2v) is 3.32. The monoisotopic (exact) mass is 186 g/mol. The van der Waals surface area contributed by atoms with Crippen molar-refractivity contribution in [1.82, 2.24) is 10.2 Å². The first-order valence-electron chi connectivity index (χ1n) is 4.90. The molecule has 0 aromatic rings. The lowest BCUT2D eigenvalue weighted by molar-refractivity contribution is -0.131. The summed E-state index contributed by atoms with van der Waals surface area (Å²) in [5.41, 5.74) is 0. The minimum atomic E-state index is 0.0639. The second kappa shape index (κ2) is 5.19. The Morgan fingerprint density at radius 1 is 1.62 bits per heavy atom. The van der Waals surface area contributed by atoms with Gasteiger partial charge in [0, 0.05) is 12.6 Å². The van der Waals surface area contributed by atoms with E-state index in [1.807, 2.05) is 6.92 Å². The fraction of sp³-hybridized carbons (Fsp3) is 0.889. The van der Waals surface area contributed by atoms with Crippen molar-refractivity contribution in [3.05, 3.63) is 0 Å². The maximum atomic E-state index is 11.5. The molecular weight excluding hydrogens is 168 g/mol. The average Bonchev–Trinajstić information content (AvgIpc) is 2.93. The van der Waals surface area contributed by atoms with Crippen molar-refractivity contribution < 1.29 is 9.90 Å². The molecule has 1 saturated carbocycles. The number of hydrogen-bond donors (Lipinski definition) is 2. The smallest absolute Gasteiger partial charge is 0.236 e. The van der Waals surface area contributed by atoms with Crippen LogP contribution in [0, 0.1) is 0 Å². The summed E-state index contributed by atoms with van der Waals surface area (Å²) in [5.74, 6) is 0.110. The third-order valence-corrected chi connectivity index (χ3v) is 2.18. The van der Waals surface area contributed by atoms with Gasteiger partial charge in [0.25, 0.3) is 0 Å². The van der Waals surface area contributed by atoms with Gasteiger partial charge in [-0.2, -0.15) is 0 Å². The molecule has 13 heavy (non-hydrogen) atoms. The molecule has 0 unspecified atom stereocenters. The van der Waals surface area contributed by atoms with Crippen molar-refractivity contribution in [3.63, 3.8) is 0 Å². The van der Waals surface area contributed by atoms with Crippen molar-refractivity contribution in [1.29, 1.82) is 0 Å². The van der Waals surface area contributed by atoms with E-state index in [0.29, 0.717) is 19.1 Å². The Bertz CT molecular complexity index is 169. The maximum absolute atomic E-state index is 11.5. The predicted molar refractivity (Wildman–Crippen MR) is 50.4 cm³/mol. The number of likely N-dealkylation sites (N-methyl/N-ethyl adjacent to an activating group) is 1. The van der Waals surface area contributed by atoms with Crippen LogP contribution in [-0.2, 0) is 4.79 Å². The molecule has 0 atom stereocenters. The molecule has 0 saturated heterocycles. The van der Waals surface area contributed by atoms with Gasteiger partial charge in [-0.05, 0) is 19.4 Å². The fourth-order valence-electron chi connectivity index (χ4n) is 1.34. The van der Waals surface area contributed by atoms with Crippen molar-refractivity contribution in [2.45, 2.75) is 25.8 Å². The molecule has 2 N–H and O–H groups in total. The average molecular weight is 186 g/mol. The van der Waals surface area contributed by atoms with Gasteiger partial charge in [-0.3, -0.25) is 4.79 Å². The van der Waals surface area contributed by atoms with E-state index in [0.717, 1.165) is 19.4 Å². The van der Waals surface area contributed by atoms with Crippen LogP contribution in [0.15, 0.2) is 0 Å². The van der Waals surface area contributed by atoms with Crippen LogP contribution in [0.25, 0.3) is 0 Å². The molecule has 1 aliphatic carbocycles. The van der Waals surface area contributed by atoms with Gasteiger partial charge in [-0.25, -0.2) is 0 Å². The van der Waals surface area contributed by atoms with Crippen LogP contribution in [0.3, 0.4) is 0 Å². The molecule has 0 heterocycles. The number of hydrogen-bond acceptors (Lipinski definition) is 3. The highest BCUT2D eigenvalue weighted by atomic mass is 16.3. The van der Waals surface area contributed by atoms with Gasteiger partial charge < -0.3 is 15.3 Å². The SMILES string of the molecule is CCNCC(=O)N(CCO)C1CC1. The van der Waals surface area contributed by atoms with Crippen LogP contribution in [0.5, 0.6) is 0 Å². The summed E-state index contributed by atoms with van der Waals surface area (Å²) in [6.45, 7) is 3.72. The summed E-state index contributed by atoms with van der Waals surface area (Å²) in [5, 5.41) is 11.8. The quantitative estimate of drug-likeness (QED) is 0.592. The first kappa shape index (κ1) is 10.5. The highest BCUT2D eigenvalue weighted by Crippen LogP contribution is 2.26. The normalized spacial score (nSPS) is 15.8. The number of aliphatic hydroxyl groups excluding tert-OH is 1. The van der Waals surface area contributed by atoms with E-state index in [1.54, 1.807) is 4.90 Å². The van der Waals surface area contributed by atoms with E-state index in [9.17, 15) is 4.79 Å². The van der Waals surface area contributed by atoms with E-state index in [4.69, 9.17) is 5.11 Å². The number of amides is 1. The fourth-order valence-corrected chi connectivity index (χ4v) is 1.34. The molecule has 4 nitrogen and oxygen atoms in total. The Labute approximate surface area is 78.9 Å². The number of nitrogens with zero attached hydrogens (tertiary/aromatic N) is 1. The van der Waals surface area contributed by atoms with Crippen LogP contribution in [0.4, 0.5) is 0 Å². The molecular formula is C9H18N2O2. The molecule has 1 fully saturated rings. The molecule has 0 bridgehead atoms. The summed E-state index contributed by atoms with van der Waals surface area (Å²) in [6.07, 6.45) is 2.19. The van der Waals surface area contributed by atoms with E-state index in [1.165, 1.54) is 0 Å². The molecule has 0 aromatic heterocycles. The molecule has 1 aliphatic rings. The largest absolute Gasteiger partial charge is 0.395 e. The van der Waals surface area contributed by atoms with Crippen LogP contribution in [0.2, 0.25) is 0 Å².